The van der Waals surface area contributed by atoms with E-state index in [1.54, 1.807) is 0 Å². The summed E-state index contributed by atoms with van der Waals surface area (Å²) in [5.74, 6) is -4.35. The van der Waals surface area contributed by atoms with Gasteiger partial charge in [0, 0.05) is 6.42 Å². The average molecular weight is 417 g/mol. The molecule has 0 aromatic rings. The Morgan fingerprint density at radius 2 is 1.41 bits per heavy atom. The van der Waals surface area contributed by atoms with E-state index < -0.39 is 53.8 Å². The molecule has 0 saturated carbocycles. The van der Waals surface area contributed by atoms with Gasteiger partial charge in [0.25, 0.3) is 0 Å². The maximum absolute atomic E-state index is 12.5. The van der Waals surface area contributed by atoms with E-state index in [0.717, 1.165) is 0 Å². The Morgan fingerprint density at radius 3 is 1.93 bits per heavy atom. The Hall–Kier alpha value is -2.73. The lowest BCUT2D eigenvalue weighted by Gasteiger charge is -2.23. The number of aliphatic carboxylic acids is 2. The van der Waals surface area contributed by atoms with Crippen LogP contribution in [-0.4, -0.2) is 70.6 Å². The monoisotopic (exact) mass is 417 g/mol. The summed E-state index contributed by atoms with van der Waals surface area (Å²) in [6, 6.07) is -4.28. The fourth-order valence-corrected chi connectivity index (χ4v) is 2.23. The molecule has 29 heavy (non-hydrogen) atoms. The maximum atomic E-state index is 12.5. The Morgan fingerprint density at radius 1 is 0.828 bits per heavy atom. The molecule has 0 unspecified atom stereocenters. The Balaban J connectivity index is 4.93. The van der Waals surface area contributed by atoms with Crippen molar-refractivity contribution in [2.45, 2.75) is 70.1 Å². The first-order chi connectivity index (χ1) is 13.5. The molecule has 12 nitrogen and oxygen atoms in total. The van der Waals surface area contributed by atoms with E-state index in [2.05, 4.69) is 16.0 Å². The van der Waals surface area contributed by atoms with Crippen LogP contribution in [0, 0.1) is 0 Å². The topological polar surface area (TPSA) is 214 Å². The number of carboxylic acids is 2. The van der Waals surface area contributed by atoms with Crippen LogP contribution >= 0.6 is 0 Å². The molecule has 9 N–H and O–H groups in total. The summed E-state index contributed by atoms with van der Waals surface area (Å²) in [6.07, 6.45) is 0.981. The third kappa shape index (κ3) is 11.0. The summed E-state index contributed by atoms with van der Waals surface area (Å²) in [7, 11) is 0. The van der Waals surface area contributed by atoms with Gasteiger partial charge in [-0.1, -0.05) is 0 Å². The van der Waals surface area contributed by atoms with Gasteiger partial charge in [0.05, 0.1) is 6.04 Å². The van der Waals surface area contributed by atoms with Crippen LogP contribution in [0.1, 0.15) is 46.0 Å². The van der Waals surface area contributed by atoms with Crippen LogP contribution in [0.25, 0.3) is 0 Å². The van der Waals surface area contributed by atoms with E-state index in [9.17, 15) is 24.0 Å². The quantitative estimate of drug-likeness (QED) is 0.154. The van der Waals surface area contributed by atoms with Crippen molar-refractivity contribution in [1.29, 1.82) is 0 Å². The second-order valence-corrected chi connectivity index (χ2v) is 6.68. The van der Waals surface area contributed by atoms with Gasteiger partial charge in [0.2, 0.25) is 17.7 Å². The molecule has 0 rings (SSSR count). The molecular weight excluding hydrogens is 386 g/mol. The number of nitrogens with two attached hydrogens (primary N) is 2. The Labute approximate surface area is 168 Å². The van der Waals surface area contributed by atoms with Gasteiger partial charge in [-0.25, -0.2) is 0 Å². The number of carboxylic acid groups (broad SMARTS) is 2. The SMILES string of the molecule is C[C@@H](NC(=O)[C@@H](C)NC(=O)[C@H](CCCCN)NC(=O)[C@@H](N)CCC(=O)O)C(=O)O. The van der Waals surface area contributed by atoms with Gasteiger partial charge < -0.3 is 37.6 Å². The molecule has 0 aliphatic heterocycles. The summed E-state index contributed by atoms with van der Waals surface area (Å²) in [6.45, 7) is 3.05. The van der Waals surface area contributed by atoms with E-state index in [1.807, 2.05) is 0 Å². The van der Waals surface area contributed by atoms with Gasteiger partial charge in [0.15, 0.2) is 0 Å². The first-order valence-corrected chi connectivity index (χ1v) is 9.30. The molecule has 0 aromatic heterocycles. The number of unbranched alkanes of at least 4 members (excludes halogenated alkanes) is 1. The molecule has 4 atom stereocenters. The highest BCUT2D eigenvalue weighted by Gasteiger charge is 2.27. The number of carbonyl (C=O) groups is 5. The number of amides is 3. The van der Waals surface area contributed by atoms with Gasteiger partial charge in [-0.05, 0) is 46.1 Å². The zero-order chi connectivity index (χ0) is 22.6. The van der Waals surface area contributed by atoms with Crippen LogP contribution in [0.5, 0.6) is 0 Å². The van der Waals surface area contributed by atoms with Crippen LogP contribution in [0.2, 0.25) is 0 Å². The predicted molar refractivity (Wildman–Crippen MR) is 103 cm³/mol. The van der Waals surface area contributed by atoms with Crippen LogP contribution < -0.4 is 27.4 Å². The first kappa shape index (κ1) is 26.3. The lowest BCUT2D eigenvalue weighted by Crippen LogP contribution is -2.56. The molecule has 0 fully saturated rings. The third-order valence-corrected chi connectivity index (χ3v) is 4.07. The lowest BCUT2D eigenvalue weighted by atomic mass is 10.1. The molecule has 0 bridgehead atoms. The van der Waals surface area contributed by atoms with Crippen molar-refractivity contribution in [3.05, 3.63) is 0 Å². The maximum Gasteiger partial charge on any atom is 0.325 e. The first-order valence-electron chi connectivity index (χ1n) is 9.30. The summed E-state index contributed by atoms with van der Waals surface area (Å²) in [5, 5.41) is 24.6. The average Bonchev–Trinajstić information content (AvgIpc) is 2.64. The van der Waals surface area contributed by atoms with Crippen molar-refractivity contribution in [3.8, 4) is 0 Å². The minimum Gasteiger partial charge on any atom is -0.481 e. The second kappa shape index (κ2) is 13.4. The second-order valence-electron chi connectivity index (χ2n) is 6.68. The molecule has 0 aliphatic carbocycles. The van der Waals surface area contributed by atoms with Gasteiger partial charge in [-0.15, -0.1) is 0 Å². The fraction of sp³-hybridized carbons (Fsp3) is 0.706. The number of hydrogen-bond donors (Lipinski definition) is 7. The summed E-state index contributed by atoms with van der Waals surface area (Å²) >= 11 is 0. The zero-order valence-electron chi connectivity index (χ0n) is 16.6. The number of carbonyl (C=O) groups excluding carboxylic acids is 3. The smallest absolute Gasteiger partial charge is 0.325 e. The molecule has 0 radical (unpaired) electrons. The highest BCUT2D eigenvalue weighted by molar-refractivity contribution is 5.93. The molecule has 166 valence electrons. The van der Waals surface area contributed by atoms with Crippen molar-refractivity contribution in [1.82, 2.24) is 16.0 Å². The van der Waals surface area contributed by atoms with Crippen LogP contribution in [0.15, 0.2) is 0 Å². The van der Waals surface area contributed by atoms with E-state index in [1.165, 1.54) is 13.8 Å². The molecule has 0 heterocycles. The van der Waals surface area contributed by atoms with Crippen molar-refractivity contribution in [3.63, 3.8) is 0 Å². The van der Waals surface area contributed by atoms with Crippen LogP contribution in [0.3, 0.4) is 0 Å². The fourth-order valence-electron chi connectivity index (χ4n) is 2.23. The predicted octanol–water partition coefficient (Wildman–Crippen LogP) is -2.11. The summed E-state index contributed by atoms with van der Waals surface area (Å²) in [5.41, 5.74) is 11.1. The highest BCUT2D eigenvalue weighted by atomic mass is 16.4. The normalized spacial score (nSPS) is 14.8. The summed E-state index contributed by atoms with van der Waals surface area (Å²) < 4.78 is 0. The van der Waals surface area contributed by atoms with Gasteiger partial charge in [0.1, 0.15) is 18.1 Å². The zero-order valence-corrected chi connectivity index (χ0v) is 16.6. The molecule has 3 amide bonds. The largest absolute Gasteiger partial charge is 0.481 e. The number of rotatable bonds is 14. The van der Waals surface area contributed by atoms with Gasteiger partial charge >= 0.3 is 11.9 Å². The molecule has 0 saturated heterocycles. The third-order valence-electron chi connectivity index (χ3n) is 4.07. The molecule has 0 spiro atoms. The molecule has 12 heteroatoms. The van der Waals surface area contributed by atoms with Crippen LogP contribution in [-0.2, 0) is 24.0 Å². The van der Waals surface area contributed by atoms with Gasteiger partial charge in [-0.2, -0.15) is 0 Å². The highest BCUT2D eigenvalue weighted by Crippen LogP contribution is 2.04. The van der Waals surface area contributed by atoms with E-state index >= 15 is 0 Å². The van der Waals surface area contributed by atoms with E-state index in [4.69, 9.17) is 21.7 Å². The molecular formula is C17H31N5O7. The standard InChI is InChI=1S/C17H31N5O7/c1-9(14(25)21-10(2)17(28)29)20-16(27)12(5-3-4-8-18)22-15(26)11(19)6-7-13(23)24/h9-12H,3-8,18-19H2,1-2H3,(H,20,27)(H,21,25)(H,22,26)(H,23,24)(H,28,29)/t9-,10-,11+,12+/m1/s1. The Kier molecular flexibility index (Phi) is 12.2. The van der Waals surface area contributed by atoms with Crippen molar-refractivity contribution >= 4 is 29.7 Å². The van der Waals surface area contributed by atoms with Gasteiger partial charge in [-0.3, -0.25) is 24.0 Å². The Bertz CT molecular complexity index is 599. The van der Waals surface area contributed by atoms with E-state index in [0.29, 0.717) is 19.4 Å². The minimum atomic E-state index is -1.22. The molecule has 0 aromatic carbocycles. The summed E-state index contributed by atoms with van der Waals surface area (Å²) in [4.78, 5) is 58.1. The molecule has 0 aliphatic rings. The van der Waals surface area contributed by atoms with Crippen molar-refractivity contribution < 1.29 is 34.2 Å². The lowest BCUT2D eigenvalue weighted by molar-refractivity contribution is -0.141. The van der Waals surface area contributed by atoms with Crippen molar-refractivity contribution in [2.75, 3.05) is 6.54 Å². The van der Waals surface area contributed by atoms with Crippen LogP contribution in [0.4, 0.5) is 0 Å². The van der Waals surface area contributed by atoms with Crippen molar-refractivity contribution in [2.24, 2.45) is 11.5 Å². The van der Waals surface area contributed by atoms with E-state index in [-0.39, 0.29) is 19.3 Å². The number of hydrogen-bond acceptors (Lipinski definition) is 7. The number of nitrogens with one attached hydrogen (secondary N) is 3. The minimum absolute atomic E-state index is 0.0931.